The number of hydrogen-bond donors (Lipinski definition) is 3. The molecular formula is C21H19ClN4O2. The number of halogens is 1. The molecule has 142 valence electrons. The van der Waals surface area contributed by atoms with Crippen molar-refractivity contribution in [2.45, 2.75) is 13.8 Å². The van der Waals surface area contributed by atoms with Crippen LogP contribution in [0.2, 0.25) is 5.02 Å². The van der Waals surface area contributed by atoms with E-state index in [1.165, 1.54) is 6.08 Å². The van der Waals surface area contributed by atoms with Crippen LogP contribution in [0.3, 0.4) is 0 Å². The molecule has 0 saturated heterocycles. The Bertz CT molecular complexity index is 1020. The second kappa shape index (κ2) is 8.54. The first kappa shape index (κ1) is 19.4. The summed E-state index contributed by atoms with van der Waals surface area (Å²) < 4.78 is 0. The van der Waals surface area contributed by atoms with E-state index in [-0.39, 0.29) is 11.8 Å². The van der Waals surface area contributed by atoms with Crippen molar-refractivity contribution in [1.82, 2.24) is 10.2 Å². The molecule has 0 aliphatic heterocycles. The zero-order valence-corrected chi connectivity index (χ0v) is 16.2. The van der Waals surface area contributed by atoms with E-state index in [0.29, 0.717) is 27.7 Å². The molecule has 0 atom stereocenters. The van der Waals surface area contributed by atoms with Gasteiger partial charge in [-0.3, -0.25) is 14.7 Å². The molecule has 3 rings (SSSR count). The van der Waals surface area contributed by atoms with E-state index in [1.807, 2.05) is 19.1 Å². The fraction of sp³-hybridized carbons (Fsp3) is 0.0952. The smallest absolute Gasteiger partial charge is 0.257 e. The van der Waals surface area contributed by atoms with Gasteiger partial charge in [-0.15, -0.1) is 0 Å². The number of aromatic amines is 1. The molecule has 0 unspecified atom stereocenters. The van der Waals surface area contributed by atoms with Crippen molar-refractivity contribution in [3.63, 3.8) is 0 Å². The molecule has 0 spiro atoms. The van der Waals surface area contributed by atoms with Crippen LogP contribution < -0.4 is 10.6 Å². The predicted octanol–water partition coefficient (Wildman–Crippen LogP) is 4.58. The summed E-state index contributed by atoms with van der Waals surface area (Å²) in [5.41, 5.74) is 3.71. The molecule has 0 aliphatic rings. The Hall–Kier alpha value is -3.38. The average Bonchev–Trinajstić information content (AvgIpc) is 3.00. The lowest BCUT2D eigenvalue weighted by Gasteiger charge is -2.10. The van der Waals surface area contributed by atoms with Crippen molar-refractivity contribution in [1.29, 1.82) is 0 Å². The monoisotopic (exact) mass is 394 g/mol. The van der Waals surface area contributed by atoms with E-state index in [2.05, 4.69) is 20.8 Å². The molecule has 1 heterocycles. The Balaban J connectivity index is 1.73. The quantitative estimate of drug-likeness (QED) is 0.553. The van der Waals surface area contributed by atoms with Crippen molar-refractivity contribution in [3.05, 3.63) is 82.1 Å². The number of nitrogens with one attached hydrogen (secondary N) is 3. The number of hydrogen-bond acceptors (Lipinski definition) is 3. The van der Waals surface area contributed by atoms with Gasteiger partial charge >= 0.3 is 0 Å². The highest BCUT2D eigenvalue weighted by molar-refractivity contribution is 6.30. The molecule has 0 fully saturated rings. The SMILES string of the molecule is Cc1n[nH]c(C)c1NC(=O)c1ccccc1NC(=O)/C=C/c1ccc(Cl)cc1. The van der Waals surface area contributed by atoms with Crippen molar-refractivity contribution in [3.8, 4) is 0 Å². The van der Waals surface area contributed by atoms with Gasteiger partial charge in [-0.2, -0.15) is 5.10 Å². The van der Waals surface area contributed by atoms with Crippen LogP contribution in [0.1, 0.15) is 27.3 Å². The zero-order chi connectivity index (χ0) is 20.1. The number of amides is 2. The molecular weight excluding hydrogens is 376 g/mol. The highest BCUT2D eigenvalue weighted by Gasteiger charge is 2.15. The second-order valence-electron chi connectivity index (χ2n) is 6.18. The van der Waals surface area contributed by atoms with Crippen molar-refractivity contribution >= 4 is 40.9 Å². The van der Waals surface area contributed by atoms with Crippen LogP contribution >= 0.6 is 11.6 Å². The van der Waals surface area contributed by atoms with E-state index in [0.717, 1.165) is 11.3 Å². The van der Waals surface area contributed by atoms with Gasteiger partial charge in [0, 0.05) is 11.1 Å². The van der Waals surface area contributed by atoms with E-state index in [1.54, 1.807) is 49.4 Å². The van der Waals surface area contributed by atoms with E-state index >= 15 is 0 Å². The summed E-state index contributed by atoms with van der Waals surface area (Å²) >= 11 is 5.85. The lowest BCUT2D eigenvalue weighted by molar-refractivity contribution is -0.111. The maximum atomic E-state index is 12.7. The van der Waals surface area contributed by atoms with Crippen LogP contribution in [-0.4, -0.2) is 22.0 Å². The zero-order valence-electron chi connectivity index (χ0n) is 15.4. The van der Waals surface area contributed by atoms with Gasteiger partial charge in [-0.25, -0.2) is 0 Å². The fourth-order valence-electron chi connectivity index (χ4n) is 2.63. The number of aryl methyl sites for hydroxylation is 2. The number of nitrogens with zero attached hydrogens (tertiary/aromatic N) is 1. The first-order chi connectivity index (χ1) is 13.4. The lowest BCUT2D eigenvalue weighted by Crippen LogP contribution is -2.17. The molecule has 2 amide bonds. The third-order valence-electron chi connectivity index (χ3n) is 4.09. The highest BCUT2D eigenvalue weighted by atomic mass is 35.5. The van der Waals surface area contributed by atoms with Gasteiger partial charge in [0.15, 0.2) is 0 Å². The maximum Gasteiger partial charge on any atom is 0.257 e. The van der Waals surface area contributed by atoms with Crippen molar-refractivity contribution in [2.75, 3.05) is 10.6 Å². The van der Waals surface area contributed by atoms with Crippen molar-refractivity contribution < 1.29 is 9.59 Å². The number of carbonyl (C=O) groups is 2. The Labute approximate surface area is 167 Å². The first-order valence-corrected chi connectivity index (χ1v) is 8.98. The van der Waals surface area contributed by atoms with Gasteiger partial charge in [0.2, 0.25) is 5.91 Å². The minimum atomic E-state index is -0.342. The molecule has 6 nitrogen and oxygen atoms in total. The summed E-state index contributed by atoms with van der Waals surface area (Å²) in [6, 6.07) is 13.9. The molecule has 0 aliphatic carbocycles. The summed E-state index contributed by atoms with van der Waals surface area (Å²) in [5.74, 6) is -0.670. The molecule has 0 saturated carbocycles. The molecule has 0 radical (unpaired) electrons. The first-order valence-electron chi connectivity index (χ1n) is 8.60. The Kier molecular flexibility index (Phi) is 5.91. The average molecular weight is 395 g/mol. The third kappa shape index (κ3) is 4.66. The standard InChI is InChI=1S/C21H19ClN4O2/c1-13-20(14(2)26-25-13)24-21(28)17-5-3-4-6-18(17)23-19(27)12-9-15-7-10-16(22)11-8-15/h3-12H,1-2H3,(H,23,27)(H,24,28)(H,25,26)/b12-9+. The van der Waals surface area contributed by atoms with Gasteiger partial charge in [0.25, 0.3) is 5.91 Å². The van der Waals surface area contributed by atoms with E-state index in [9.17, 15) is 9.59 Å². The molecule has 28 heavy (non-hydrogen) atoms. The van der Waals surface area contributed by atoms with E-state index < -0.39 is 0 Å². The number of benzene rings is 2. The number of rotatable bonds is 5. The number of carbonyl (C=O) groups excluding carboxylic acids is 2. The summed E-state index contributed by atoms with van der Waals surface area (Å²) in [5, 5.41) is 13.1. The minimum absolute atomic E-state index is 0.329. The second-order valence-corrected chi connectivity index (χ2v) is 6.62. The Morgan fingerprint density at radius 3 is 2.43 bits per heavy atom. The van der Waals surface area contributed by atoms with Crippen LogP contribution in [0.25, 0.3) is 6.08 Å². The third-order valence-corrected chi connectivity index (χ3v) is 4.35. The van der Waals surface area contributed by atoms with Gasteiger partial charge in [-0.1, -0.05) is 35.9 Å². The highest BCUT2D eigenvalue weighted by Crippen LogP contribution is 2.21. The van der Waals surface area contributed by atoms with Crippen molar-refractivity contribution in [2.24, 2.45) is 0 Å². The Morgan fingerprint density at radius 1 is 1.04 bits per heavy atom. The summed E-state index contributed by atoms with van der Waals surface area (Å²) in [7, 11) is 0. The molecule has 7 heteroatoms. The normalized spacial score (nSPS) is 10.8. The van der Waals surface area contributed by atoms with Crippen LogP contribution in [0.4, 0.5) is 11.4 Å². The van der Waals surface area contributed by atoms with Gasteiger partial charge < -0.3 is 10.6 Å². The van der Waals surface area contributed by atoms with Gasteiger partial charge in [0.05, 0.1) is 28.3 Å². The summed E-state index contributed by atoms with van der Waals surface area (Å²) in [6.07, 6.45) is 3.08. The number of H-pyrrole nitrogens is 1. The molecule has 1 aromatic heterocycles. The Morgan fingerprint density at radius 2 is 1.75 bits per heavy atom. The molecule has 2 aromatic carbocycles. The van der Waals surface area contributed by atoms with Gasteiger partial charge in [0.1, 0.15) is 0 Å². The van der Waals surface area contributed by atoms with E-state index in [4.69, 9.17) is 11.6 Å². The van der Waals surface area contributed by atoms with Crippen LogP contribution in [0.15, 0.2) is 54.6 Å². The van der Waals surface area contributed by atoms with Gasteiger partial charge in [-0.05, 0) is 49.8 Å². The number of para-hydroxylation sites is 1. The lowest BCUT2D eigenvalue weighted by atomic mass is 10.1. The summed E-state index contributed by atoms with van der Waals surface area (Å²) in [4.78, 5) is 25.0. The summed E-state index contributed by atoms with van der Waals surface area (Å²) in [6.45, 7) is 3.62. The van der Waals surface area contributed by atoms with Crippen LogP contribution in [0, 0.1) is 13.8 Å². The van der Waals surface area contributed by atoms with Crippen LogP contribution in [0.5, 0.6) is 0 Å². The topological polar surface area (TPSA) is 86.9 Å². The number of anilines is 2. The predicted molar refractivity (Wildman–Crippen MR) is 112 cm³/mol. The maximum absolute atomic E-state index is 12.7. The minimum Gasteiger partial charge on any atom is -0.322 e. The number of aromatic nitrogens is 2. The molecule has 3 N–H and O–H groups in total. The van der Waals surface area contributed by atoms with Crippen LogP contribution in [-0.2, 0) is 4.79 Å². The fourth-order valence-corrected chi connectivity index (χ4v) is 2.75. The molecule has 3 aromatic rings. The largest absolute Gasteiger partial charge is 0.322 e. The molecule has 0 bridgehead atoms.